The van der Waals surface area contributed by atoms with Crippen LogP contribution in [0.5, 0.6) is 0 Å². The van der Waals surface area contributed by atoms with Crippen molar-refractivity contribution in [3.8, 4) is 5.69 Å². The lowest BCUT2D eigenvalue weighted by Crippen LogP contribution is -2.15. The van der Waals surface area contributed by atoms with Crippen molar-refractivity contribution >= 4 is 15.9 Å². The highest BCUT2D eigenvalue weighted by atomic mass is 79.9. The molecule has 1 aromatic carbocycles. The molecule has 114 valence electrons. The summed E-state index contributed by atoms with van der Waals surface area (Å²) in [6, 6.07) is 5.51. The quantitative estimate of drug-likeness (QED) is 0.777. The summed E-state index contributed by atoms with van der Waals surface area (Å²) in [7, 11) is 0. The van der Waals surface area contributed by atoms with Crippen molar-refractivity contribution in [2.75, 3.05) is 6.54 Å². The molecule has 0 radical (unpaired) electrons. The molecule has 0 aliphatic heterocycles. The number of alkyl halides is 2. The monoisotopic (exact) mass is 357 g/mol. The summed E-state index contributed by atoms with van der Waals surface area (Å²) in [6.07, 6.45) is -0.0794. The first-order valence-corrected chi connectivity index (χ1v) is 7.66. The van der Waals surface area contributed by atoms with Gasteiger partial charge in [0.2, 0.25) is 0 Å². The normalized spacial score (nSPS) is 11.3. The first-order valence-electron chi connectivity index (χ1n) is 6.86. The molecule has 2 aromatic rings. The molecule has 1 N–H and O–H groups in total. The smallest absolute Gasteiger partial charge is 0.280 e. The number of hydrogen-bond donors (Lipinski definition) is 1. The molecule has 0 bridgehead atoms. The lowest BCUT2D eigenvalue weighted by Gasteiger charge is -2.12. The van der Waals surface area contributed by atoms with Crippen LogP contribution in [-0.2, 0) is 6.54 Å². The molecule has 3 nitrogen and oxygen atoms in total. The van der Waals surface area contributed by atoms with Gasteiger partial charge >= 0.3 is 0 Å². The molecule has 0 aliphatic rings. The second-order valence-electron chi connectivity index (χ2n) is 4.88. The first kappa shape index (κ1) is 16.1. The van der Waals surface area contributed by atoms with Crippen LogP contribution >= 0.6 is 15.9 Å². The standard InChI is InChI=1S/C15H18BrF2N3/c1-3-6-19-8-11-9-20-21(14(11)15(17)18)13-5-4-12(16)7-10(13)2/h4-5,7,9,15,19H,3,6,8H2,1-2H3. The number of aromatic nitrogens is 2. The second kappa shape index (κ2) is 7.13. The SMILES string of the molecule is CCCNCc1cnn(-c2ccc(Br)cc2C)c1C(F)F. The minimum Gasteiger partial charge on any atom is -0.313 e. The zero-order valence-corrected chi connectivity index (χ0v) is 13.6. The van der Waals surface area contributed by atoms with Gasteiger partial charge in [-0.15, -0.1) is 0 Å². The number of hydrogen-bond acceptors (Lipinski definition) is 2. The van der Waals surface area contributed by atoms with Crippen molar-refractivity contribution in [2.45, 2.75) is 33.2 Å². The van der Waals surface area contributed by atoms with E-state index in [1.54, 1.807) is 6.07 Å². The van der Waals surface area contributed by atoms with E-state index >= 15 is 0 Å². The van der Waals surface area contributed by atoms with Crippen LogP contribution in [0, 0.1) is 6.92 Å². The Hall–Kier alpha value is -1.27. The Morgan fingerprint density at radius 1 is 1.38 bits per heavy atom. The second-order valence-corrected chi connectivity index (χ2v) is 5.79. The lowest BCUT2D eigenvalue weighted by molar-refractivity contribution is 0.141. The fourth-order valence-electron chi connectivity index (χ4n) is 2.21. The van der Waals surface area contributed by atoms with E-state index < -0.39 is 6.43 Å². The summed E-state index contributed by atoms with van der Waals surface area (Å²) >= 11 is 3.38. The minimum absolute atomic E-state index is 0.0379. The van der Waals surface area contributed by atoms with Gasteiger partial charge in [0.05, 0.1) is 11.9 Å². The summed E-state index contributed by atoms with van der Waals surface area (Å²) in [5.41, 5.74) is 2.07. The molecular weight excluding hydrogens is 340 g/mol. The summed E-state index contributed by atoms with van der Waals surface area (Å²) in [5, 5.41) is 7.30. The van der Waals surface area contributed by atoms with Gasteiger partial charge < -0.3 is 5.32 Å². The molecule has 0 aliphatic carbocycles. The molecular formula is C15H18BrF2N3. The van der Waals surface area contributed by atoms with Gasteiger partial charge in [0.25, 0.3) is 6.43 Å². The van der Waals surface area contributed by atoms with E-state index in [9.17, 15) is 8.78 Å². The summed E-state index contributed by atoms with van der Waals surface area (Å²) in [5.74, 6) is 0. The van der Waals surface area contributed by atoms with E-state index in [-0.39, 0.29) is 5.69 Å². The Morgan fingerprint density at radius 2 is 2.14 bits per heavy atom. The maximum atomic E-state index is 13.4. The third kappa shape index (κ3) is 3.68. The number of benzene rings is 1. The average Bonchev–Trinajstić information content (AvgIpc) is 2.83. The van der Waals surface area contributed by atoms with E-state index in [4.69, 9.17) is 0 Å². The zero-order valence-electron chi connectivity index (χ0n) is 12.0. The van der Waals surface area contributed by atoms with E-state index in [1.807, 2.05) is 26.0 Å². The van der Waals surface area contributed by atoms with Crippen LogP contribution in [0.25, 0.3) is 5.69 Å². The van der Waals surface area contributed by atoms with Crippen LogP contribution in [0.4, 0.5) is 8.78 Å². The molecule has 2 rings (SSSR count). The van der Waals surface area contributed by atoms with Gasteiger partial charge in [0.1, 0.15) is 5.69 Å². The first-order chi connectivity index (χ1) is 10.0. The topological polar surface area (TPSA) is 29.9 Å². The minimum atomic E-state index is -2.56. The fraction of sp³-hybridized carbons (Fsp3) is 0.400. The molecule has 1 aromatic heterocycles. The van der Waals surface area contributed by atoms with Gasteiger partial charge in [-0.2, -0.15) is 5.10 Å². The van der Waals surface area contributed by atoms with Gasteiger partial charge in [0.15, 0.2) is 0 Å². The molecule has 0 saturated carbocycles. The predicted molar refractivity (Wildman–Crippen MR) is 83.0 cm³/mol. The average molecular weight is 358 g/mol. The Kier molecular flexibility index (Phi) is 5.47. The van der Waals surface area contributed by atoms with E-state index in [2.05, 4.69) is 26.3 Å². The summed E-state index contributed by atoms with van der Waals surface area (Å²) in [4.78, 5) is 0. The Labute approximate surface area is 131 Å². The van der Waals surface area contributed by atoms with Crippen molar-refractivity contribution in [2.24, 2.45) is 0 Å². The molecule has 0 spiro atoms. The summed E-state index contributed by atoms with van der Waals surface area (Å²) in [6.45, 7) is 5.12. The molecule has 0 amide bonds. The van der Waals surface area contributed by atoms with Crippen molar-refractivity contribution in [3.63, 3.8) is 0 Å². The van der Waals surface area contributed by atoms with Crippen molar-refractivity contribution in [3.05, 3.63) is 45.7 Å². The Bertz CT molecular complexity index is 611. The molecule has 21 heavy (non-hydrogen) atoms. The van der Waals surface area contributed by atoms with E-state index in [0.29, 0.717) is 17.8 Å². The maximum Gasteiger partial charge on any atom is 0.280 e. The van der Waals surface area contributed by atoms with Crippen molar-refractivity contribution in [1.82, 2.24) is 15.1 Å². The highest BCUT2D eigenvalue weighted by molar-refractivity contribution is 9.10. The van der Waals surface area contributed by atoms with E-state index in [1.165, 1.54) is 10.9 Å². The third-order valence-corrected chi connectivity index (χ3v) is 3.72. The van der Waals surface area contributed by atoms with Gasteiger partial charge in [-0.25, -0.2) is 13.5 Å². The predicted octanol–water partition coefficient (Wildman–Crippen LogP) is 4.38. The number of nitrogens with zero attached hydrogens (tertiary/aromatic N) is 2. The zero-order chi connectivity index (χ0) is 15.4. The van der Waals surface area contributed by atoms with Crippen LogP contribution in [-0.4, -0.2) is 16.3 Å². The fourth-order valence-corrected chi connectivity index (χ4v) is 2.68. The maximum absolute atomic E-state index is 13.4. The Balaban J connectivity index is 2.39. The third-order valence-electron chi connectivity index (χ3n) is 3.22. The van der Waals surface area contributed by atoms with Crippen LogP contribution in [0.15, 0.2) is 28.9 Å². The van der Waals surface area contributed by atoms with Gasteiger partial charge in [-0.05, 0) is 43.7 Å². The Morgan fingerprint density at radius 3 is 2.76 bits per heavy atom. The van der Waals surface area contributed by atoms with Crippen LogP contribution in [0.1, 0.15) is 36.6 Å². The van der Waals surface area contributed by atoms with Crippen molar-refractivity contribution < 1.29 is 8.78 Å². The summed E-state index contributed by atoms with van der Waals surface area (Å²) < 4.78 is 29.1. The van der Waals surface area contributed by atoms with Crippen molar-refractivity contribution in [1.29, 1.82) is 0 Å². The highest BCUT2D eigenvalue weighted by Crippen LogP contribution is 2.28. The largest absolute Gasteiger partial charge is 0.313 e. The number of aryl methyl sites for hydroxylation is 1. The van der Waals surface area contributed by atoms with E-state index in [0.717, 1.165) is 23.0 Å². The van der Waals surface area contributed by atoms with Crippen LogP contribution < -0.4 is 5.32 Å². The van der Waals surface area contributed by atoms with Crippen LogP contribution in [0.3, 0.4) is 0 Å². The molecule has 0 saturated heterocycles. The molecule has 6 heteroatoms. The number of nitrogens with one attached hydrogen (secondary N) is 1. The molecule has 0 fully saturated rings. The van der Waals surface area contributed by atoms with Gasteiger partial charge in [0, 0.05) is 16.6 Å². The molecule has 1 heterocycles. The van der Waals surface area contributed by atoms with Gasteiger partial charge in [-0.1, -0.05) is 22.9 Å². The van der Waals surface area contributed by atoms with Crippen LogP contribution in [0.2, 0.25) is 0 Å². The number of halogens is 3. The van der Waals surface area contributed by atoms with Gasteiger partial charge in [-0.3, -0.25) is 0 Å². The lowest BCUT2D eigenvalue weighted by atomic mass is 10.2. The molecule has 0 unspecified atom stereocenters. The highest BCUT2D eigenvalue weighted by Gasteiger charge is 2.21. The molecule has 0 atom stereocenters. The number of rotatable bonds is 6.